The van der Waals surface area contributed by atoms with Crippen molar-refractivity contribution in [2.24, 2.45) is 0 Å². The van der Waals surface area contributed by atoms with E-state index in [1.54, 1.807) is 11.8 Å². The molecule has 0 atom stereocenters. The molecule has 0 spiro atoms. The summed E-state index contributed by atoms with van der Waals surface area (Å²) in [5.74, 6) is -0.494. The maximum Gasteiger partial charge on any atom is 0.375 e. The third kappa shape index (κ3) is 2.43. The molecule has 1 saturated heterocycles. The van der Waals surface area contributed by atoms with Crippen LogP contribution >= 0.6 is 0 Å². The number of carbonyl (C=O) groups is 2. The third-order valence-corrected chi connectivity index (χ3v) is 3.02. The topological polar surface area (TPSA) is 99.2 Å². The third-order valence-electron chi connectivity index (χ3n) is 3.02. The van der Waals surface area contributed by atoms with E-state index in [9.17, 15) is 9.59 Å². The lowest BCUT2D eigenvalue weighted by atomic mass is 9.96. The number of nitrogens with zero attached hydrogens (tertiary/aromatic N) is 3. The number of piperidine rings is 1. The second-order valence-electron chi connectivity index (χ2n) is 4.13. The molecular formula is C10H14N4O3. The average molecular weight is 238 g/mol. The van der Waals surface area contributed by atoms with Gasteiger partial charge in [0, 0.05) is 25.9 Å². The second-order valence-corrected chi connectivity index (χ2v) is 4.13. The Morgan fingerprint density at radius 3 is 2.53 bits per heavy atom. The van der Waals surface area contributed by atoms with Crippen LogP contribution in [-0.2, 0) is 4.79 Å². The first-order chi connectivity index (χ1) is 8.08. The van der Waals surface area contributed by atoms with E-state index in [1.165, 1.54) is 0 Å². The van der Waals surface area contributed by atoms with Crippen molar-refractivity contribution in [3.63, 3.8) is 0 Å². The van der Waals surface area contributed by atoms with Crippen LogP contribution < -0.4 is 0 Å². The number of aromatic nitrogens is 3. The molecule has 1 fully saturated rings. The van der Waals surface area contributed by atoms with Gasteiger partial charge in [0.25, 0.3) is 5.82 Å². The first-order valence-electron chi connectivity index (χ1n) is 5.49. The molecule has 92 valence electrons. The highest BCUT2D eigenvalue weighted by molar-refractivity contribution is 5.82. The summed E-state index contributed by atoms with van der Waals surface area (Å²) in [5, 5.41) is 15.0. The number of likely N-dealkylation sites (tertiary alicyclic amines) is 1. The van der Waals surface area contributed by atoms with E-state index in [-0.39, 0.29) is 17.6 Å². The van der Waals surface area contributed by atoms with E-state index >= 15 is 0 Å². The van der Waals surface area contributed by atoms with Crippen LogP contribution in [0, 0.1) is 0 Å². The van der Waals surface area contributed by atoms with Crippen molar-refractivity contribution in [2.75, 3.05) is 13.1 Å². The molecule has 0 unspecified atom stereocenters. The summed E-state index contributed by atoms with van der Waals surface area (Å²) in [6.45, 7) is 2.92. The van der Waals surface area contributed by atoms with Crippen LogP contribution in [0.15, 0.2) is 0 Å². The molecule has 2 N–H and O–H groups in total. The van der Waals surface area contributed by atoms with Crippen molar-refractivity contribution in [3.05, 3.63) is 11.6 Å². The van der Waals surface area contributed by atoms with Gasteiger partial charge in [0.15, 0.2) is 0 Å². The lowest BCUT2D eigenvalue weighted by molar-refractivity contribution is -0.129. The van der Waals surface area contributed by atoms with Gasteiger partial charge in [-0.3, -0.25) is 9.89 Å². The molecule has 1 aliphatic rings. The number of rotatable bonds is 2. The molecule has 1 aromatic heterocycles. The zero-order valence-electron chi connectivity index (χ0n) is 9.51. The van der Waals surface area contributed by atoms with Gasteiger partial charge in [0.2, 0.25) is 5.91 Å². The van der Waals surface area contributed by atoms with Gasteiger partial charge in [-0.15, -0.1) is 5.10 Å². The molecule has 0 aliphatic carbocycles. The van der Waals surface area contributed by atoms with Gasteiger partial charge in [0.05, 0.1) is 0 Å². The van der Waals surface area contributed by atoms with E-state index in [4.69, 9.17) is 5.11 Å². The Labute approximate surface area is 97.8 Å². The molecule has 2 heterocycles. The first-order valence-corrected chi connectivity index (χ1v) is 5.49. The summed E-state index contributed by atoms with van der Waals surface area (Å²) in [7, 11) is 0. The predicted octanol–water partition coefficient (Wildman–Crippen LogP) is 0.229. The van der Waals surface area contributed by atoms with Crippen LogP contribution in [-0.4, -0.2) is 50.2 Å². The molecule has 1 aliphatic heterocycles. The number of aromatic carboxylic acids is 1. The Hall–Kier alpha value is -1.92. The molecule has 7 heteroatoms. The smallest absolute Gasteiger partial charge is 0.375 e. The number of carboxylic acids is 1. The van der Waals surface area contributed by atoms with E-state index in [0.29, 0.717) is 18.9 Å². The number of nitrogens with one attached hydrogen (secondary N) is 1. The van der Waals surface area contributed by atoms with Crippen molar-refractivity contribution < 1.29 is 14.7 Å². The van der Waals surface area contributed by atoms with Crippen molar-refractivity contribution >= 4 is 11.9 Å². The molecular weight excluding hydrogens is 224 g/mol. The SMILES string of the molecule is CC(=O)N1CCC(c2nc(C(=O)O)n[nH]2)CC1. The Morgan fingerprint density at radius 2 is 2.06 bits per heavy atom. The zero-order chi connectivity index (χ0) is 12.4. The average Bonchev–Trinajstić information content (AvgIpc) is 2.78. The fourth-order valence-electron chi connectivity index (χ4n) is 2.02. The lowest BCUT2D eigenvalue weighted by Crippen LogP contribution is -2.36. The largest absolute Gasteiger partial charge is 0.475 e. The molecule has 0 aromatic carbocycles. The van der Waals surface area contributed by atoms with Crippen LogP contribution in [0.25, 0.3) is 0 Å². The number of H-pyrrole nitrogens is 1. The predicted molar refractivity (Wildman–Crippen MR) is 57.6 cm³/mol. The van der Waals surface area contributed by atoms with Crippen molar-refractivity contribution in [1.29, 1.82) is 0 Å². The van der Waals surface area contributed by atoms with Crippen molar-refractivity contribution in [1.82, 2.24) is 20.1 Å². The summed E-state index contributed by atoms with van der Waals surface area (Å²) in [4.78, 5) is 27.5. The van der Waals surface area contributed by atoms with E-state index in [2.05, 4.69) is 15.2 Å². The minimum Gasteiger partial charge on any atom is -0.475 e. The summed E-state index contributed by atoms with van der Waals surface area (Å²) in [6.07, 6.45) is 1.57. The fraction of sp³-hybridized carbons (Fsp3) is 0.600. The molecule has 0 bridgehead atoms. The van der Waals surface area contributed by atoms with Gasteiger partial charge in [0.1, 0.15) is 5.82 Å². The summed E-state index contributed by atoms with van der Waals surface area (Å²) >= 11 is 0. The second kappa shape index (κ2) is 4.52. The van der Waals surface area contributed by atoms with Gasteiger partial charge in [-0.1, -0.05) is 0 Å². The van der Waals surface area contributed by atoms with Crippen molar-refractivity contribution in [2.45, 2.75) is 25.7 Å². The van der Waals surface area contributed by atoms with Gasteiger partial charge in [-0.25, -0.2) is 9.78 Å². The molecule has 2 rings (SSSR count). The Kier molecular flexibility index (Phi) is 3.08. The molecule has 0 saturated carbocycles. The van der Waals surface area contributed by atoms with Crippen LogP contribution in [0.4, 0.5) is 0 Å². The van der Waals surface area contributed by atoms with E-state index < -0.39 is 5.97 Å². The highest BCUT2D eigenvalue weighted by Gasteiger charge is 2.25. The molecule has 1 aromatic rings. The maximum absolute atomic E-state index is 11.1. The van der Waals surface area contributed by atoms with Crippen molar-refractivity contribution in [3.8, 4) is 0 Å². The molecule has 7 nitrogen and oxygen atoms in total. The Bertz CT molecular complexity index is 435. The molecule has 1 amide bonds. The standard InChI is InChI=1S/C10H14N4O3/c1-6(15)14-4-2-7(3-5-14)8-11-9(10(16)17)13-12-8/h7H,2-5H2,1H3,(H,16,17)(H,11,12,13). The molecule has 17 heavy (non-hydrogen) atoms. The normalized spacial score (nSPS) is 17.1. The number of amides is 1. The number of hydrogen-bond donors (Lipinski definition) is 2. The number of carbonyl (C=O) groups excluding carboxylic acids is 1. The Balaban J connectivity index is 2.00. The van der Waals surface area contributed by atoms with Crippen LogP contribution in [0.3, 0.4) is 0 Å². The quantitative estimate of drug-likeness (QED) is 0.768. The van der Waals surface area contributed by atoms with E-state index in [1.807, 2.05) is 0 Å². The lowest BCUT2D eigenvalue weighted by Gasteiger charge is -2.30. The maximum atomic E-state index is 11.1. The highest BCUT2D eigenvalue weighted by atomic mass is 16.4. The van der Waals surface area contributed by atoms with Gasteiger partial charge in [-0.05, 0) is 12.8 Å². The number of aromatic amines is 1. The summed E-state index contributed by atoms with van der Waals surface area (Å²) in [6, 6.07) is 0. The van der Waals surface area contributed by atoms with Crippen LogP contribution in [0.1, 0.15) is 42.1 Å². The van der Waals surface area contributed by atoms with Crippen LogP contribution in [0.2, 0.25) is 0 Å². The molecule has 0 radical (unpaired) electrons. The summed E-state index contributed by atoms with van der Waals surface area (Å²) < 4.78 is 0. The van der Waals surface area contributed by atoms with Gasteiger partial charge < -0.3 is 10.0 Å². The van der Waals surface area contributed by atoms with Crippen LogP contribution in [0.5, 0.6) is 0 Å². The monoisotopic (exact) mass is 238 g/mol. The minimum absolute atomic E-state index is 0.0762. The highest BCUT2D eigenvalue weighted by Crippen LogP contribution is 2.25. The van der Waals surface area contributed by atoms with Gasteiger partial charge >= 0.3 is 5.97 Å². The summed E-state index contributed by atoms with van der Waals surface area (Å²) in [5.41, 5.74) is 0. The number of carboxylic acid groups (broad SMARTS) is 1. The van der Waals surface area contributed by atoms with E-state index in [0.717, 1.165) is 12.8 Å². The Morgan fingerprint density at radius 1 is 1.41 bits per heavy atom. The first kappa shape index (κ1) is 11.6. The fourth-order valence-corrected chi connectivity index (χ4v) is 2.02. The van der Waals surface area contributed by atoms with Gasteiger partial charge in [-0.2, -0.15) is 0 Å². The number of hydrogen-bond acceptors (Lipinski definition) is 4. The minimum atomic E-state index is -1.13. The zero-order valence-corrected chi connectivity index (χ0v) is 9.51.